The quantitative estimate of drug-likeness (QED) is 0.495. The molecule has 3 rings (SSSR count). The van der Waals surface area contributed by atoms with E-state index in [-0.39, 0.29) is 28.6 Å². The summed E-state index contributed by atoms with van der Waals surface area (Å²) in [4.78, 5) is 26.1. The van der Waals surface area contributed by atoms with E-state index in [1.165, 1.54) is 23.5 Å². The maximum atomic E-state index is 12.5. The molecule has 1 heterocycles. The second-order valence-corrected chi connectivity index (χ2v) is 10.0. The smallest absolute Gasteiger partial charge is 0.350 e. The Morgan fingerprint density at radius 2 is 1.71 bits per heavy atom. The van der Waals surface area contributed by atoms with E-state index in [1.54, 1.807) is 25.1 Å². The van der Waals surface area contributed by atoms with Gasteiger partial charge in [0.1, 0.15) is 4.88 Å². The normalized spacial score (nSPS) is 11.2. The van der Waals surface area contributed by atoms with Crippen LogP contribution in [-0.4, -0.2) is 32.7 Å². The van der Waals surface area contributed by atoms with Gasteiger partial charge in [-0.2, -0.15) is 0 Å². The molecule has 0 atom stereocenters. The lowest BCUT2D eigenvalue weighted by Crippen LogP contribution is -2.18. The topological polar surface area (TPSA) is 89.5 Å². The van der Waals surface area contributed by atoms with Crippen LogP contribution in [0.5, 0.6) is 0 Å². The van der Waals surface area contributed by atoms with Gasteiger partial charge < -0.3 is 10.1 Å². The minimum Gasteiger partial charge on any atom is -0.462 e. The number of amides is 1. The van der Waals surface area contributed by atoms with Gasteiger partial charge in [-0.15, -0.1) is 11.3 Å². The summed E-state index contributed by atoms with van der Waals surface area (Å²) in [6.45, 7) is 3.78. The van der Waals surface area contributed by atoms with Crippen molar-refractivity contribution in [3.8, 4) is 10.4 Å². The molecule has 162 valence electrons. The molecule has 1 N–H and O–H groups in total. The molecule has 0 aliphatic rings. The van der Waals surface area contributed by atoms with Crippen molar-refractivity contribution in [2.24, 2.45) is 0 Å². The number of benzene rings is 2. The molecule has 0 saturated heterocycles. The van der Waals surface area contributed by atoms with Crippen molar-refractivity contribution in [3.63, 3.8) is 0 Å². The number of carbonyl (C=O) groups is 2. The standard InChI is InChI=1S/C23H23NO5S2/c1-3-29-23(26)22-19(15-20(30-22)17-7-5-4-6-8-17)24-21(25)13-14-31(27,28)18-11-9-16(2)10-12-18/h4-12,15H,3,13-14H2,1-2H3,(H,24,25). The zero-order valence-corrected chi connectivity index (χ0v) is 18.9. The highest BCUT2D eigenvalue weighted by molar-refractivity contribution is 7.91. The highest BCUT2D eigenvalue weighted by Crippen LogP contribution is 2.35. The van der Waals surface area contributed by atoms with Gasteiger partial charge in [0, 0.05) is 11.3 Å². The van der Waals surface area contributed by atoms with Gasteiger partial charge in [-0.3, -0.25) is 4.79 Å². The van der Waals surface area contributed by atoms with Crippen LogP contribution in [0.15, 0.2) is 65.6 Å². The zero-order valence-electron chi connectivity index (χ0n) is 17.3. The minimum atomic E-state index is -3.59. The number of sulfone groups is 1. The van der Waals surface area contributed by atoms with Gasteiger partial charge in [-0.25, -0.2) is 13.2 Å². The van der Waals surface area contributed by atoms with Gasteiger partial charge in [-0.05, 0) is 37.6 Å². The third kappa shape index (κ3) is 5.80. The molecule has 0 radical (unpaired) electrons. The Balaban J connectivity index is 1.76. The van der Waals surface area contributed by atoms with Crippen molar-refractivity contribution in [2.75, 3.05) is 17.7 Å². The fourth-order valence-corrected chi connectivity index (χ4v) is 5.13. The summed E-state index contributed by atoms with van der Waals surface area (Å²) < 4.78 is 30.1. The van der Waals surface area contributed by atoms with E-state index in [0.717, 1.165) is 16.0 Å². The van der Waals surface area contributed by atoms with Gasteiger partial charge >= 0.3 is 5.97 Å². The molecule has 0 spiro atoms. The largest absolute Gasteiger partial charge is 0.462 e. The van der Waals surface area contributed by atoms with Crippen LogP contribution in [0.4, 0.5) is 5.69 Å². The lowest BCUT2D eigenvalue weighted by Gasteiger charge is -2.07. The summed E-state index contributed by atoms with van der Waals surface area (Å²) in [6, 6.07) is 17.7. The molecule has 8 heteroatoms. The highest BCUT2D eigenvalue weighted by atomic mass is 32.2. The Morgan fingerprint density at radius 1 is 1.03 bits per heavy atom. The minimum absolute atomic E-state index is 0.181. The summed E-state index contributed by atoms with van der Waals surface area (Å²) in [5, 5.41) is 2.68. The first-order valence-corrected chi connectivity index (χ1v) is 12.2. The highest BCUT2D eigenvalue weighted by Gasteiger charge is 2.21. The first-order valence-electron chi connectivity index (χ1n) is 9.76. The molecule has 3 aromatic rings. The number of carbonyl (C=O) groups excluding carboxylic acids is 2. The number of ether oxygens (including phenoxy) is 1. The predicted octanol–water partition coefficient (Wildman–Crippen LogP) is 4.70. The van der Waals surface area contributed by atoms with E-state index >= 15 is 0 Å². The summed E-state index contributed by atoms with van der Waals surface area (Å²) in [7, 11) is -3.59. The summed E-state index contributed by atoms with van der Waals surface area (Å²) >= 11 is 1.22. The molecule has 6 nitrogen and oxygen atoms in total. The van der Waals surface area contributed by atoms with Crippen molar-refractivity contribution >= 4 is 38.7 Å². The maximum absolute atomic E-state index is 12.5. The Morgan fingerprint density at radius 3 is 2.35 bits per heavy atom. The number of anilines is 1. The first kappa shape index (κ1) is 22.7. The van der Waals surface area contributed by atoms with Crippen molar-refractivity contribution in [3.05, 3.63) is 71.1 Å². The molecular weight excluding hydrogens is 434 g/mol. The molecule has 31 heavy (non-hydrogen) atoms. The molecule has 0 bridgehead atoms. The van der Waals surface area contributed by atoms with E-state index < -0.39 is 21.7 Å². The van der Waals surface area contributed by atoms with E-state index in [2.05, 4.69) is 5.32 Å². The maximum Gasteiger partial charge on any atom is 0.350 e. The fourth-order valence-electron chi connectivity index (χ4n) is 2.88. The van der Waals surface area contributed by atoms with Gasteiger partial charge in [-0.1, -0.05) is 48.0 Å². The van der Waals surface area contributed by atoms with Gasteiger partial charge in [0.25, 0.3) is 0 Å². The number of nitrogens with one attached hydrogen (secondary N) is 1. The summed E-state index contributed by atoms with van der Waals surface area (Å²) in [6.07, 6.45) is -0.227. The number of rotatable bonds is 8. The van der Waals surface area contributed by atoms with E-state index in [9.17, 15) is 18.0 Å². The molecule has 1 aromatic heterocycles. The van der Waals surface area contributed by atoms with Gasteiger partial charge in [0.15, 0.2) is 9.84 Å². The molecule has 0 fully saturated rings. The van der Waals surface area contributed by atoms with Crippen LogP contribution in [-0.2, 0) is 19.4 Å². The molecule has 0 aliphatic carbocycles. The monoisotopic (exact) mass is 457 g/mol. The number of aryl methyl sites for hydroxylation is 1. The van der Waals surface area contributed by atoms with Crippen LogP contribution < -0.4 is 5.32 Å². The Hall–Kier alpha value is -2.97. The van der Waals surface area contributed by atoms with E-state index in [4.69, 9.17) is 4.74 Å². The average Bonchev–Trinajstić information content (AvgIpc) is 3.17. The number of hydrogen-bond donors (Lipinski definition) is 1. The number of hydrogen-bond acceptors (Lipinski definition) is 6. The zero-order chi connectivity index (χ0) is 22.4. The van der Waals surface area contributed by atoms with Crippen LogP contribution in [0, 0.1) is 6.92 Å². The van der Waals surface area contributed by atoms with Gasteiger partial charge in [0.05, 0.1) is 22.9 Å². The third-order valence-corrected chi connectivity index (χ3v) is 7.40. The van der Waals surface area contributed by atoms with Crippen LogP contribution in [0.1, 0.15) is 28.6 Å². The van der Waals surface area contributed by atoms with Crippen molar-refractivity contribution in [2.45, 2.75) is 25.2 Å². The lowest BCUT2D eigenvalue weighted by atomic mass is 10.2. The molecule has 1 amide bonds. The predicted molar refractivity (Wildman–Crippen MR) is 122 cm³/mol. The second-order valence-electron chi connectivity index (χ2n) is 6.87. The third-order valence-electron chi connectivity index (χ3n) is 4.50. The summed E-state index contributed by atoms with van der Waals surface area (Å²) in [5.41, 5.74) is 2.18. The fraction of sp³-hybridized carbons (Fsp3) is 0.217. The van der Waals surface area contributed by atoms with Gasteiger partial charge in [0.2, 0.25) is 5.91 Å². The number of thiophene rings is 1. The second kappa shape index (κ2) is 9.89. The SMILES string of the molecule is CCOC(=O)c1sc(-c2ccccc2)cc1NC(=O)CCS(=O)(=O)c1ccc(C)cc1. The van der Waals surface area contributed by atoms with Crippen LogP contribution >= 0.6 is 11.3 Å². The number of esters is 1. The Kier molecular flexibility index (Phi) is 7.25. The molecule has 2 aromatic carbocycles. The van der Waals surface area contributed by atoms with Crippen LogP contribution in [0.2, 0.25) is 0 Å². The molecule has 0 unspecified atom stereocenters. The van der Waals surface area contributed by atoms with Crippen molar-refractivity contribution < 1.29 is 22.7 Å². The molecular formula is C23H23NO5S2. The average molecular weight is 458 g/mol. The first-order chi connectivity index (χ1) is 14.8. The Labute approximate surface area is 185 Å². The van der Waals surface area contributed by atoms with E-state index in [1.807, 2.05) is 37.3 Å². The van der Waals surface area contributed by atoms with E-state index in [0.29, 0.717) is 5.69 Å². The van der Waals surface area contributed by atoms with Crippen LogP contribution in [0.3, 0.4) is 0 Å². The molecule has 0 saturated carbocycles. The summed E-state index contributed by atoms with van der Waals surface area (Å²) in [5.74, 6) is -1.34. The molecule has 0 aliphatic heterocycles. The lowest BCUT2D eigenvalue weighted by molar-refractivity contribution is -0.115. The Bertz CT molecular complexity index is 1170. The van der Waals surface area contributed by atoms with Crippen molar-refractivity contribution in [1.29, 1.82) is 0 Å². The van der Waals surface area contributed by atoms with Crippen molar-refractivity contribution in [1.82, 2.24) is 0 Å². The van der Waals surface area contributed by atoms with Crippen LogP contribution in [0.25, 0.3) is 10.4 Å².